The molecule has 0 radical (unpaired) electrons. The maximum absolute atomic E-state index is 6.86. The number of halogens is 1. The SMILES string of the molecule is C=Cc1c(/C=C\C)n(C2=C=C=CC=C2)c2cc(-c3cc(Cl)cc(-c4cccc(N(c5ccccc5)c5ccccc5C)c4)c3)ccc12.CC.CC. The first-order valence-electron chi connectivity index (χ1n) is 17.7. The number of allylic oxidation sites excluding steroid dienone is 5. The first-order chi connectivity index (χ1) is 25.1. The Balaban J connectivity index is 0.00000122. The van der Waals surface area contributed by atoms with Crippen molar-refractivity contribution in [1.29, 1.82) is 0 Å². The van der Waals surface area contributed by atoms with E-state index < -0.39 is 0 Å². The molecule has 1 aliphatic rings. The van der Waals surface area contributed by atoms with E-state index in [1.807, 2.05) is 71.0 Å². The molecule has 3 heteroatoms. The molecule has 0 N–H and O–H groups in total. The van der Waals surface area contributed by atoms with Crippen LogP contribution in [0.4, 0.5) is 17.1 Å². The van der Waals surface area contributed by atoms with Gasteiger partial charge in [-0.3, -0.25) is 0 Å². The second kappa shape index (κ2) is 17.3. The minimum absolute atomic E-state index is 0.685. The number of nitrogens with zero attached hydrogens (tertiary/aromatic N) is 2. The highest BCUT2D eigenvalue weighted by Crippen LogP contribution is 2.40. The van der Waals surface area contributed by atoms with Gasteiger partial charge in [0.2, 0.25) is 0 Å². The van der Waals surface area contributed by atoms with Crippen LogP contribution in [-0.4, -0.2) is 4.57 Å². The van der Waals surface area contributed by atoms with Crippen molar-refractivity contribution < 1.29 is 0 Å². The van der Waals surface area contributed by atoms with Crippen molar-refractivity contribution in [2.45, 2.75) is 41.5 Å². The number of para-hydroxylation sites is 2. The summed E-state index contributed by atoms with van der Waals surface area (Å²) in [6.07, 6.45) is 12.0. The van der Waals surface area contributed by atoms with Gasteiger partial charge in [-0.1, -0.05) is 130 Å². The van der Waals surface area contributed by atoms with E-state index in [1.54, 1.807) is 0 Å². The van der Waals surface area contributed by atoms with Gasteiger partial charge in [-0.2, -0.15) is 0 Å². The highest BCUT2D eigenvalue weighted by Gasteiger charge is 2.18. The molecule has 0 spiro atoms. The summed E-state index contributed by atoms with van der Waals surface area (Å²) in [5, 5.41) is 1.81. The number of anilines is 3. The average molecular weight is 685 g/mol. The second-order valence-corrected chi connectivity index (χ2v) is 11.9. The van der Waals surface area contributed by atoms with Crippen molar-refractivity contribution in [2.75, 3.05) is 4.90 Å². The van der Waals surface area contributed by atoms with E-state index in [2.05, 4.69) is 150 Å². The molecular formula is C48H45ClN2. The third-order valence-electron chi connectivity index (χ3n) is 8.49. The van der Waals surface area contributed by atoms with Gasteiger partial charge in [0.25, 0.3) is 0 Å². The molecule has 0 fully saturated rings. The van der Waals surface area contributed by atoms with Gasteiger partial charge in [-0.05, 0) is 120 Å². The molecule has 7 rings (SSSR count). The lowest BCUT2D eigenvalue weighted by molar-refractivity contribution is 1.15. The largest absolute Gasteiger partial charge is 0.310 e. The summed E-state index contributed by atoms with van der Waals surface area (Å²) in [6.45, 7) is 16.3. The summed E-state index contributed by atoms with van der Waals surface area (Å²) in [6, 6.07) is 40.5. The predicted molar refractivity (Wildman–Crippen MR) is 225 cm³/mol. The number of hydrogen-bond acceptors (Lipinski definition) is 1. The molecule has 1 heterocycles. The molecule has 1 aromatic heterocycles. The zero-order chi connectivity index (χ0) is 36.3. The van der Waals surface area contributed by atoms with Crippen molar-refractivity contribution in [2.24, 2.45) is 0 Å². The molecular weight excluding hydrogens is 640 g/mol. The van der Waals surface area contributed by atoms with Crippen LogP contribution in [0.1, 0.15) is 51.4 Å². The van der Waals surface area contributed by atoms with Crippen LogP contribution in [0, 0.1) is 6.92 Å². The van der Waals surface area contributed by atoms with Gasteiger partial charge in [-0.15, -0.1) is 0 Å². The van der Waals surface area contributed by atoms with E-state index in [1.165, 1.54) is 5.56 Å². The van der Waals surface area contributed by atoms with Crippen molar-refractivity contribution in [3.63, 3.8) is 0 Å². The lowest BCUT2D eigenvalue weighted by Gasteiger charge is -2.27. The highest BCUT2D eigenvalue weighted by molar-refractivity contribution is 6.31. The van der Waals surface area contributed by atoms with E-state index >= 15 is 0 Å². The van der Waals surface area contributed by atoms with Crippen LogP contribution in [0.25, 0.3) is 51.0 Å². The molecule has 0 bridgehead atoms. The number of benzene rings is 5. The zero-order valence-electron chi connectivity index (χ0n) is 30.4. The number of aryl methyl sites for hydroxylation is 1. The Hall–Kier alpha value is -5.75. The zero-order valence-corrected chi connectivity index (χ0v) is 31.2. The van der Waals surface area contributed by atoms with Gasteiger partial charge in [0.15, 0.2) is 0 Å². The summed E-state index contributed by atoms with van der Waals surface area (Å²) < 4.78 is 2.23. The number of hydrogen-bond donors (Lipinski definition) is 0. The summed E-state index contributed by atoms with van der Waals surface area (Å²) in [4.78, 5) is 2.31. The van der Waals surface area contributed by atoms with Crippen molar-refractivity contribution in [1.82, 2.24) is 4.57 Å². The van der Waals surface area contributed by atoms with Gasteiger partial charge in [0.05, 0.1) is 16.9 Å². The normalized spacial score (nSPS) is 11.5. The summed E-state index contributed by atoms with van der Waals surface area (Å²) in [5.74, 6) is 0. The topological polar surface area (TPSA) is 8.17 Å². The minimum atomic E-state index is 0.685. The molecule has 6 aromatic rings. The van der Waals surface area contributed by atoms with Crippen LogP contribution < -0.4 is 4.90 Å². The van der Waals surface area contributed by atoms with Crippen LogP contribution in [0.2, 0.25) is 5.02 Å². The smallest absolute Gasteiger partial charge is 0.0973 e. The van der Waals surface area contributed by atoms with Crippen LogP contribution >= 0.6 is 11.6 Å². The van der Waals surface area contributed by atoms with E-state index in [0.29, 0.717) is 5.02 Å². The van der Waals surface area contributed by atoms with Crippen molar-refractivity contribution >= 4 is 57.4 Å². The third-order valence-corrected chi connectivity index (χ3v) is 8.71. The van der Waals surface area contributed by atoms with Crippen LogP contribution in [-0.2, 0) is 0 Å². The standard InChI is InChI=1S/C44H33ClN2.2C2H6/c1-4-15-43-40(5-2)41-25-24-33(30-44(41)47(43)38-20-10-7-11-21-38)35-26-34(27-36(45)28-35)32-17-14-22-39(29-32)46(37-18-8-6-9-19-37)42-23-13-12-16-31(42)3;2*1-2/h4-10,12-20,22-30H,2H2,1,3H3;2*1-2H3/b15-4-;;. The van der Waals surface area contributed by atoms with Gasteiger partial charge in [-0.25, -0.2) is 0 Å². The molecule has 254 valence electrons. The van der Waals surface area contributed by atoms with Crippen molar-refractivity contribution in [3.05, 3.63) is 179 Å². The maximum atomic E-state index is 6.86. The lowest BCUT2D eigenvalue weighted by Crippen LogP contribution is -2.11. The van der Waals surface area contributed by atoms with Gasteiger partial charge in [0.1, 0.15) is 0 Å². The van der Waals surface area contributed by atoms with E-state index in [0.717, 1.165) is 67.2 Å². The fourth-order valence-corrected chi connectivity index (χ4v) is 6.58. The van der Waals surface area contributed by atoms with Gasteiger partial charge < -0.3 is 9.47 Å². The number of fused-ring (bicyclic) bond motifs is 1. The molecule has 0 saturated heterocycles. The Morgan fingerprint density at radius 3 is 2.08 bits per heavy atom. The molecule has 0 amide bonds. The Morgan fingerprint density at radius 2 is 1.41 bits per heavy atom. The number of aromatic nitrogens is 1. The second-order valence-electron chi connectivity index (χ2n) is 11.5. The number of rotatable bonds is 8. The summed E-state index contributed by atoms with van der Waals surface area (Å²) in [7, 11) is 0. The monoisotopic (exact) mass is 684 g/mol. The molecule has 1 aliphatic carbocycles. The van der Waals surface area contributed by atoms with Crippen LogP contribution in [0.5, 0.6) is 0 Å². The lowest BCUT2D eigenvalue weighted by atomic mass is 9.97. The maximum Gasteiger partial charge on any atom is 0.0973 e. The molecule has 0 unspecified atom stereocenters. The summed E-state index contributed by atoms with van der Waals surface area (Å²) in [5.41, 5.74) is 19.3. The Labute approximate surface area is 309 Å². The molecule has 0 atom stereocenters. The van der Waals surface area contributed by atoms with E-state index in [4.69, 9.17) is 11.6 Å². The third kappa shape index (κ3) is 7.71. The van der Waals surface area contributed by atoms with Crippen molar-refractivity contribution in [3.8, 4) is 22.3 Å². The van der Waals surface area contributed by atoms with Gasteiger partial charge >= 0.3 is 0 Å². The summed E-state index contributed by atoms with van der Waals surface area (Å²) >= 11 is 6.86. The fourth-order valence-electron chi connectivity index (χ4n) is 6.35. The Bertz CT molecular complexity index is 2320. The molecule has 5 aromatic carbocycles. The minimum Gasteiger partial charge on any atom is -0.310 e. The van der Waals surface area contributed by atoms with E-state index in [9.17, 15) is 0 Å². The Morgan fingerprint density at radius 1 is 0.725 bits per heavy atom. The van der Waals surface area contributed by atoms with Crippen LogP contribution in [0.3, 0.4) is 0 Å². The van der Waals surface area contributed by atoms with Crippen LogP contribution in [0.15, 0.2) is 158 Å². The predicted octanol–water partition coefficient (Wildman–Crippen LogP) is 14.9. The first-order valence-corrected chi connectivity index (χ1v) is 18.1. The van der Waals surface area contributed by atoms with Gasteiger partial charge in [0, 0.05) is 33.0 Å². The first kappa shape index (κ1) is 36.5. The fraction of sp³-hybridized carbons (Fsp3) is 0.125. The molecule has 2 nitrogen and oxygen atoms in total. The quantitative estimate of drug-likeness (QED) is 0.145. The molecule has 51 heavy (non-hydrogen) atoms. The molecule has 0 aliphatic heterocycles. The highest BCUT2D eigenvalue weighted by atomic mass is 35.5. The Kier molecular flexibility index (Phi) is 12.4. The molecule has 0 saturated carbocycles. The van der Waals surface area contributed by atoms with E-state index in [-0.39, 0.29) is 0 Å². The average Bonchev–Trinajstić information content (AvgIpc) is 3.50.